The molecule has 0 saturated heterocycles. The minimum atomic E-state index is -0.224. The fourth-order valence-electron chi connectivity index (χ4n) is 1.66. The third kappa shape index (κ3) is 2.58. The van der Waals surface area contributed by atoms with Crippen molar-refractivity contribution in [2.45, 2.75) is 0 Å². The van der Waals surface area contributed by atoms with E-state index < -0.39 is 0 Å². The zero-order chi connectivity index (χ0) is 13.0. The van der Waals surface area contributed by atoms with E-state index in [0.717, 1.165) is 11.6 Å². The molecule has 0 aliphatic carbocycles. The molecule has 0 fully saturated rings. The highest BCUT2D eigenvalue weighted by Gasteiger charge is 2.06. The van der Waals surface area contributed by atoms with Crippen molar-refractivity contribution in [1.82, 2.24) is 0 Å². The number of rotatable bonds is 3. The molecule has 90 valence electrons. The van der Waals surface area contributed by atoms with Crippen LogP contribution in [-0.2, 0) is 0 Å². The Bertz CT molecular complexity index is 586. The molecule has 0 aliphatic heterocycles. The lowest BCUT2D eigenvalue weighted by molar-refractivity contribution is 0.112. The van der Waals surface area contributed by atoms with Gasteiger partial charge in [-0.15, -0.1) is 0 Å². The van der Waals surface area contributed by atoms with Crippen molar-refractivity contribution in [2.75, 3.05) is 0 Å². The molecule has 3 nitrogen and oxygen atoms in total. The molecular formula is C15H12O3. The largest absolute Gasteiger partial charge is 0.508 e. The second-order valence-corrected chi connectivity index (χ2v) is 3.83. The minimum Gasteiger partial charge on any atom is -0.508 e. The highest BCUT2D eigenvalue weighted by Crippen LogP contribution is 2.27. The van der Waals surface area contributed by atoms with E-state index >= 15 is 0 Å². The van der Waals surface area contributed by atoms with Gasteiger partial charge in [-0.2, -0.15) is 0 Å². The molecule has 0 saturated carbocycles. The van der Waals surface area contributed by atoms with Crippen LogP contribution in [-0.4, -0.2) is 16.5 Å². The summed E-state index contributed by atoms with van der Waals surface area (Å²) in [6.45, 7) is 0. The average Bonchev–Trinajstić information content (AvgIpc) is 2.37. The number of hydrogen-bond acceptors (Lipinski definition) is 3. The van der Waals surface area contributed by atoms with Gasteiger partial charge in [0, 0.05) is 6.07 Å². The molecular weight excluding hydrogens is 228 g/mol. The normalized spacial score (nSPS) is 10.7. The van der Waals surface area contributed by atoms with Crippen LogP contribution in [0.25, 0.3) is 12.2 Å². The first-order chi connectivity index (χ1) is 8.70. The monoisotopic (exact) mass is 240 g/mol. The van der Waals surface area contributed by atoms with Gasteiger partial charge in [-0.05, 0) is 17.2 Å². The third-order valence-electron chi connectivity index (χ3n) is 2.55. The fourth-order valence-corrected chi connectivity index (χ4v) is 1.66. The number of carbonyl (C=O) groups excluding carboxylic acids is 1. The zero-order valence-electron chi connectivity index (χ0n) is 9.58. The van der Waals surface area contributed by atoms with Gasteiger partial charge in [-0.3, -0.25) is 4.79 Å². The number of carbonyl (C=O) groups is 1. The van der Waals surface area contributed by atoms with Gasteiger partial charge in [0.25, 0.3) is 0 Å². The molecule has 18 heavy (non-hydrogen) atoms. The molecule has 0 aliphatic rings. The third-order valence-corrected chi connectivity index (χ3v) is 2.55. The summed E-state index contributed by atoms with van der Waals surface area (Å²) in [6, 6.07) is 12.1. The maximum atomic E-state index is 10.9. The van der Waals surface area contributed by atoms with Crippen molar-refractivity contribution in [3.05, 3.63) is 59.2 Å². The fraction of sp³-hybridized carbons (Fsp3) is 0. The molecule has 0 bridgehead atoms. The molecule has 2 aromatic rings. The molecule has 0 unspecified atom stereocenters. The van der Waals surface area contributed by atoms with Gasteiger partial charge in [0.15, 0.2) is 6.29 Å². The van der Waals surface area contributed by atoms with Gasteiger partial charge in [0.1, 0.15) is 11.5 Å². The topological polar surface area (TPSA) is 57.5 Å². The summed E-state index contributed by atoms with van der Waals surface area (Å²) in [5, 5.41) is 18.9. The van der Waals surface area contributed by atoms with E-state index in [-0.39, 0.29) is 17.1 Å². The van der Waals surface area contributed by atoms with Crippen LogP contribution in [0.2, 0.25) is 0 Å². The summed E-state index contributed by atoms with van der Waals surface area (Å²) in [5.41, 5.74) is 1.61. The van der Waals surface area contributed by atoms with E-state index in [1.54, 1.807) is 12.2 Å². The van der Waals surface area contributed by atoms with Gasteiger partial charge >= 0.3 is 0 Å². The lowest BCUT2D eigenvalue weighted by Gasteiger charge is -2.03. The van der Waals surface area contributed by atoms with Crippen LogP contribution in [0, 0.1) is 0 Å². The Morgan fingerprint density at radius 2 is 1.67 bits per heavy atom. The van der Waals surface area contributed by atoms with Crippen LogP contribution in [0.15, 0.2) is 42.5 Å². The standard InChI is InChI=1S/C15H12O3/c16-10-14-12(8-13(17)9-15(14)18)7-6-11-4-2-1-3-5-11/h1-10,17-18H/b7-6+. The van der Waals surface area contributed by atoms with Crippen LogP contribution in [0.4, 0.5) is 0 Å². The Balaban J connectivity index is 2.40. The van der Waals surface area contributed by atoms with Crippen molar-refractivity contribution >= 4 is 18.4 Å². The van der Waals surface area contributed by atoms with Crippen LogP contribution in [0.1, 0.15) is 21.5 Å². The van der Waals surface area contributed by atoms with Gasteiger partial charge < -0.3 is 10.2 Å². The predicted molar refractivity (Wildman–Crippen MR) is 70.5 cm³/mol. The van der Waals surface area contributed by atoms with E-state index in [9.17, 15) is 15.0 Å². The van der Waals surface area contributed by atoms with Gasteiger partial charge in [0.05, 0.1) is 5.56 Å². The van der Waals surface area contributed by atoms with Crippen molar-refractivity contribution < 1.29 is 15.0 Å². The first kappa shape index (κ1) is 11.9. The van der Waals surface area contributed by atoms with Gasteiger partial charge in [-0.25, -0.2) is 0 Å². The van der Waals surface area contributed by atoms with E-state index in [1.807, 2.05) is 30.3 Å². The smallest absolute Gasteiger partial charge is 0.154 e. The molecule has 2 aromatic carbocycles. The number of phenolic OH excluding ortho intramolecular Hbond substituents is 2. The van der Waals surface area contributed by atoms with E-state index in [4.69, 9.17) is 0 Å². The maximum absolute atomic E-state index is 10.9. The Kier molecular flexibility index (Phi) is 3.44. The van der Waals surface area contributed by atoms with Crippen molar-refractivity contribution in [3.8, 4) is 11.5 Å². The molecule has 2 N–H and O–H groups in total. The van der Waals surface area contributed by atoms with Gasteiger partial charge in [0.2, 0.25) is 0 Å². The summed E-state index contributed by atoms with van der Waals surface area (Å²) >= 11 is 0. The van der Waals surface area contributed by atoms with Crippen molar-refractivity contribution in [1.29, 1.82) is 0 Å². The number of aldehydes is 1. The SMILES string of the molecule is O=Cc1c(O)cc(O)cc1/C=C/c1ccccc1. The first-order valence-electron chi connectivity index (χ1n) is 5.45. The quantitative estimate of drug-likeness (QED) is 0.640. The highest BCUT2D eigenvalue weighted by atomic mass is 16.3. The van der Waals surface area contributed by atoms with Crippen molar-refractivity contribution in [2.24, 2.45) is 0 Å². The zero-order valence-corrected chi connectivity index (χ0v) is 9.58. The number of hydrogen-bond donors (Lipinski definition) is 2. The summed E-state index contributed by atoms with van der Waals surface area (Å²) in [7, 11) is 0. The summed E-state index contributed by atoms with van der Waals surface area (Å²) in [6.07, 6.45) is 4.05. The van der Waals surface area contributed by atoms with Crippen LogP contribution < -0.4 is 0 Å². The average molecular weight is 240 g/mol. The van der Waals surface area contributed by atoms with Crippen molar-refractivity contribution in [3.63, 3.8) is 0 Å². The lowest BCUT2D eigenvalue weighted by atomic mass is 10.1. The van der Waals surface area contributed by atoms with E-state index in [0.29, 0.717) is 11.8 Å². The first-order valence-corrected chi connectivity index (χ1v) is 5.45. The molecule has 0 spiro atoms. The van der Waals surface area contributed by atoms with Crippen LogP contribution >= 0.6 is 0 Å². The van der Waals surface area contributed by atoms with E-state index in [2.05, 4.69) is 0 Å². The molecule has 0 aromatic heterocycles. The second-order valence-electron chi connectivity index (χ2n) is 3.83. The van der Waals surface area contributed by atoms with Crippen LogP contribution in [0.5, 0.6) is 11.5 Å². The molecule has 0 radical (unpaired) electrons. The minimum absolute atomic E-state index is 0.0780. The number of phenols is 2. The molecule has 0 amide bonds. The Morgan fingerprint density at radius 3 is 2.33 bits per heavy atom. The van der Waals surface area contributed by atoms with Gasteiger partial charge in [-0.1, -0.05) is 42.5 Å². The molecule has 0 heterocycles. The predicted octanol–water partition coefficient (Wildman–Crippen LogP) is 3.08. The maximum Gasteiger partial charge on any atom is 0.154 e. The molecule has 3 heteroatoms. The number of benzene rings is 2. The summed E-state index contributed by atoms with van der Waals surface area (Å²) in [4.78, 5) is 10.9. The molecule has 0 atom stereocenters. The lowest BCUT2D eigenvalue weighted by Crippen LogP contribution is -1.87. The molecule has 2 rings (SSSR count). The van der Waals surface area contributed by atoms with Crippen LogP contribution in [0.3, 0.4) is 0 Å². The highest BCUT2D eigenvalue weighted by molar-refractivity contribution is 5.88. The Labute approximate surface area is 105 Å². The Morgan fingerprint density at radius 1 is 0.944 bits per heavy atom. The number of aromatic hydroxyl groups is 2. The summed E-state index contributed by atoms with van der Waals surface area (Å²) < 4.78 is 0. The van der Waals surface area contributed by atoms with E-state index in [1.165, 1.54) is 6.07 Å². The Hall–Kier alpha value is -2.55. The summed E-state index contributed by atoms with van der Waals surface area (Å²) in [5.74, 6) is -0.302. The second kappa shape index (κ2) is 5.19.